The number of pyridine rings is 1. The van der Waals surface area contributed by atoms with Crippen molar-refractivity contribution in [1.29, 1.82) is 0 Å². The third kappa shape index (κ3) is 2.64. The number of amides is 1. The van der Waals surface area contributed by atoms with Crippen LogP contribution in [0.2, 0.25) is 0 Å². The van der Waals surface area contributed by atoms with Crippen LogP contribution in [0.5, 0.6) is 0 Å². The maximum absolute atomic E-state index is 12.5. The Kier molecular flexibility index (Phi) is 3.63. The van der Waals surface area contributed by atoms with E-state index in [1.165, 1.54) is 5.56 Å². The molecule has 3 aromatic rings. The Morgan fingerprint density at radius 3 is 3.22 bits per heavy atom. The van der Waals surface area contributed by atoms with E-state index in [2.05, 4.69) is 37.3 Å². The van der Waals surface area contributed by atoms with Gasteiger partial charge in [0.15, 0.2) is 0 Å². The first-order chi connectivity index (χ1) is 11.2. The summed E-state index contributed by atoms with van der Waals surface area (Å²) in [6, 6.07) is 9.98. The van der Waals surface area contributed by atoms with Crippen LogP contribution in [-0.2, 0) is 11.3 Å². The molecule has 116 valence electrons. The lowest BCUT2D eigenvalue weighted by atomic mass is 10.1. The van der Waals surface area contributed by atoms with Crippen molar-refractivity contribution >= 4 is 32.9 Å². The van der Waals surface area contributed by atoms with Gasteiger partial charge in [0.1, 0.15) is 11.8 Å². The molecule has 6 heteroatoms. The molecule has 0 spiro atoms. The van der Waals surface area contributed by atoms with Crippen molar-refractivity contribution in [3.8, 4) is 0 Å². The molecule has 0 radical (unpaired) electrons. The predicted molar refractivity (Wildman–Crippen MR) is 90.1 cm³/mol. The molecule has 0 saturated carbocycles. The monoisotopic (exact) mass is 371 g/mol. The summed E-state index contributed by atoms with van der Waals surface area (Å²) < 4.78 is 6.59. The zero-order valence-electron chi connectivity index (χ0n) is 12.2. The number of aromatic amines is 1. The second kappa shape index (κ2) is 5.79. The highest BCUT2D eigenvalue weighted by Gasteiger charge is 2.23. The van der Waals surface area contributed by atoms with Crippen LogP contribution in [0.4, 0.5) is 0 Å². The Labute approximate surface area is 141 Å². The third-order valence-corrected chi connectivity index (χ3v) is 4.47. The van der Waals surface area contributed by atoms with Crippen LogP contribution in [0.1, 0.15) is 27.6 Å². The normalized spacial score (nSPS) is 16.5. The van der Waals surface area contributed by atoms with Gasteiger partial charge in [-0.15, -0.1) is 0 Å². The fraction of sp³-hybridized carbons (Fsp3) is 0.176. The highest BCUT2D eigenvalue weighted by Crippen LogP contribution is 2.29. The molecule has 4 rings (SSSR count). The van der Waals surface area contributed by atoms with Gasteiger partial charge in [0.25, 0.3) is 5.91 Å². The second-order valence-electron chi connectivity index (χ2n) is 5.46. The van der Waals surface area contributed by atoms with Gasteiger partial charge in [-0.1, -0.05) is 24.3 Å². The molecule has 3 heterocycles. The minimum Gasteiger partial charge on any atom is -0.367 e. The number of fused-ring (bicyclic) bond motifs is 2. The van der Waals surface area contributed by atoms with E-state index in [-0.39, 0.29) is 12.0 Å². The average Bonchev–Trinajstić information content (AvgIpc) is 3.16. The van der Waals surface area contributed by atoms with Crippen LogP contribution >= 0.6 is 15.9 Å². The number of hydrogen-bond donors (Lipinski definition) is 2. The zero-order chi connectivity index (χ0) is 15.8. The molecule has 23 heavy (non-hydrogen) atoms. The van der Waals surface area contributed by atoms with Crippen LogP contribution in [0.15, 0.2) is 47.2 Å². The number of carbonyl (C=O) groups is 1. The molecule has 0 bridgehead atoms. The van der Waals surface area contributed by atoms with Gasteiger partial charge in [0.05, 0.1) is 12.2 Å². The number of halogens is 1. The molecule has 0 fully saturated rings. The van der Waals surface area contributed by atoms with Gasteiger partial charge in [-0.25, -0.2) is 4.98 Å². The van der Waals surface area contributed by atoms with E-state index in [1.807, 2.05) is 24.3 Å². The van der Waals surface area contributed by atoms with Crippen molar-refractivity contribution in [2.75, 3.05) is 6.54 Å². The Balaban J connectivity index is 1.51. The number of ether oxygens (including phenoxy) is 1. The number of benzene rings is 1. The number of H-pyrrole nitrogens is 1. The summed E-state index contributed by atoms with van der Waals surface area (Å²) in [7, 11) is 0. The molecular weight excluding hydrogens is 358 g/mol. The number of carbonyl (C=O) groups excluding carboxylic acids is 1. The van der Waals surface area contributed by atoms with E-state index in [1.54, 1.807) is 12.4 Å². The topological polar surface area (TPSA) is 67.0 Å². The van der Waals surface area contributed by atoms with Crippen LogP contribution in [-0.4, -0.2) is 22.4 Å². The molecular formula is C17H14BrN3O2. The van der Waals surface area contributed by atoms with Crippen LogP contribution in [0, 0.1) is 0 Å². The molecule has 2 N–H and O–H groups in total. The summed E-state index contributed by atoms with van der Waals surface area (Å²) in [5, 5.41) is 3.75. The Morgan fingerprint density at radius 2 is 2.30 bits per heavy atom. The largest absolute Gasteiger partial charge is 0.367 e. The standard InChI is InChI=1S/C17H14BrN3O2/c18-11-5-13-14(7-20-16(13)19-6-11)17(22)21-8-15-12-4-2-1-3-10(12)9-23-15/h1-7,15H,8-9H2,(H,19,20)(H,21,22). The molecule has 0 saturated heterocycles. The molecule has 1 amide bonds. The molecule has 1 aliphatic rings. The first-order valence-corrected chi connectivity index (χ1v) is 8.12. The fourth-order valence-corrected chi connectivity index (χ4v) is 3.21. The highest BCUT2D eigenvalue weighted by atomic mass is 79.9. The van der Waals surface area contributed by atoms with Gasteiger partial charge in [-0.05, 0) is 33.1 Å². The summed E-state index contributed by atoms with van der Waals surface area (Å²) in [5.74, 6) is -0.135. The van der Waals surface area contributed by atoms with Crippen molar-refractivity contribution in [1.82, 2.24) is 15.3 Å². The molecule has 2 aromatic heterocycles. The second-order valence-corrected chi connectivity index (χ2v) is 6.38. The lowest BCUT2D eigenvalue weighted by molar-refractivity contribution is 0.0618. The first-order valence-electron chi connectivity index (χ1n) is 7.32. The van der Waals surface area contributed by atoms with Gasteiger partial charge in [-0.2, -0.15) is 0 Å². The minimum absolute atomic E-state index is 0.0924. The quantitative estimate of drug-likeness (QED) is 0.741. The van der Waals surface area contributed by atoms with Crippen LogP contribution in [0.25, 0.3) is 11.0 Å². The molecule has 1 unspecified atom stereocenters. The first kappa shape index (κ1) is 14.4. The number of hydrogen-bond acceptors (Lipinski definition) is 3. The lowest BCUT2D eigenvalue weighted by Crippen LogP contribution is -2.28. The van der Waals surface area contributed by atoms with Crippen LogP contribution in [0.3, 0.4) is 0 Å². The van der Waals surface area contributed by atoms with Crippen LogP contribution < -0.4 is 5.32 Å². The van der Waals surface area contributed by atoms with E-state index in [4.69, 9.17) is 4.74 Å². The van der Waals surface area contributed by atoms with Crippen molar-refractivity contribution in [3.63, 3.8) is 0 Å². The maximum atomic E-state index is 12.5. The Hall–Kier alpha value is -2.18. The van der Waals surface area contributed by atoms with Gasteiger partial charge in [-0.3, -0.25) is 4.79 Å². The summed E-state index contributed by atoms with van der Waals surface area (Å²) in [6.07, 6.45) is 3.29. The number of nitrogens with one attached hydrogen (secondary N) is 2. The SMILES string of the molecule is O=C(NCC1OCc2ccccc21)c1c[nH]c2ncc(Br)cc12. The molecule has 1 atom stereocenters. The third-order valence-electron chi connectivity index (χ3n) is 4.03. The summed E-state index contributed by atoms with van der Waals surface area (Å²) in [6.45, 7) is 1.05. The average molecular weight is 372 g/mol. The Bertz CT molecular complexity index is 890. The summed E-state index contributed by atoms with van der Waals surface area (Å²) >= 11 is 3.38. The van der Waals surface area contributed by atoms with Crippen molar-refractivity contribution in [2.24, 2.45) is 0 Å². The van der Waals surface area contributed by atoms with Gasteiger partial charge in [0, 0.05) is 28.8 Å². The number of aromatic nitrogens is 2. The fourth-order valence-electron chi connectivity index (χ4n) is 2.88. The smallest absolute Gasteiger partial charge is 0.253 e. The van der Waals surface area contributed by atoms with Crippen molar-refractivity contribution < 1.29 is 9.53 Å². The van der Waals surface area contributed by atoms with Gasteiger partial charge >= 0.3 is 0 Å². The van der Waals surface area contributed by atoms with E-state index in [0.29, 0.717) is 24.4 Å². The van der Waals surface area contributed by atoms with E-state index in [9.17, 15) is 4.79 Å². The molecule has 1 aromatic carbocycles. The van der Waals surface area contributed by atoms with E-state index in [0.717, 1.165) is 15.4 Å². The summed E-state index contributed by atoms with van der Waals surface area (Å²) in [5.41, 5.74) is 3.61. The number of rotatable bonds is 3. The van der Waals surface area contributed by atoms with Crippen molar-refractivity contribution in [2.45, 2.75) is 12.7 Å². The van der Waals surface area contributed by atoms with Crippen molar-refractivity contribution in [3.05, 3.63) is 63.9 Å². The van der Waals surface area contributed by atoms with E-state index < -0.39 is 0 Å². The lowest BCUT2D eigenvalue weighted by Gasteiger charge is -2.12. The summed E-state index contributed by atoms with van der Waals surface area (Å²) in [4.78, 5) is 19.7. The highest BCUT2D eigenvalue weighted by molar-refractivity contribution is 9.10. The minimum atomic E-state index is -0.135. The molecule has 0 aliphatic carbocycles. The van der Waals surface area contributed by atoms with E-state index >= 15 is 0 Å². The number of nitrogens with zero attached hydrogens (tertiary/aromatic N) is 1. The predicted octanol–water partition coefficient (Wildman–Crippen LogP) is 3.33. The molecule has 1 aliphatic heterocycles. The van der Waals surface area contributed by atoms with Gasteiger partial charge in [0.2, 0.25) is 0 Å². The van der Waals surface area contributed by atoms with Gasteiger partial charge < -0.3 is 15.0 Å². The maximum Gasteiger partial charge on any atom is 0.253 e. The zero-order valence-corrected chi connectivity index (χ0v) is 13.8. The molecule has 5 nitrogen and oxygen atoms in total. The Morgan fingerprint density at radius 1 is 1.43 bits per heavy atom.